The Morgan fingerprint density at radius 3 is 2.33 bits per heavy atom. The molecule has 0 aliphatic heterocycles. The molecular weight excluding hydrogens is 200 g/mol. The molecule has 1 N–H and O–H groups in total. The number of hydrogen-bond acceptors (Lipinski definition) is 4. The Balaban J connectivity index is 3.96. The number of carbonyl (C=O) groups excluding carboxylic acids is 2. The van der Waals surface area contributed by atoms with Crippen LogP contribution in [0.2, 0.25) is 0 Å². The summed E-state index contributed by atoms with van der Waals surface area (Å²) in [5, 5.41) is 0. The number of nitrogens with zero attached hydrogens (tertiary/aromatic N) is 1. The highest BCUT2D eigenvalue weighted by molar-refractivity contribution is 5.72. The summed E-state index contributed by atoms with van der Waals surface area (Å²) >= 11 is 0. The highest BCUT2D eigenvalue weighted by Crippen LogP contribution is 1.99. The molecular formula is C9H18N2O4. The number of nitrogens with one attached hydrogen (secondary N) is 1. The smallest absolute Gasteiger partial charge is 0.440 e. The van der Waals surface area contributed by atoms with E-state index in [0.717, 1.165) is 0 Å². The number of hydroxylamine groups is 1. The van der Waals surface area contributed by atoms with Crippen LogP contribution >= 0.6 is 0 Å². The molecule has 0 aliphatic carbocycles. The molecule has 0 bridgehead atoms. The van der Waals surface area contributed by atoms with Crippen molar-refractivity contribution in [3.63, 3.8) is 0 Å². The van der Waals surface area contributed by atoms with Crippen LogP contribution in [0.1, 0.15) is 27.7 Å². The Hall–Kier alpha value is -1.46. The van der Waals surface area contributed by atoms with Crippen LogP contribution in [0.25, 0.3) is 0 Å². The van der Waals surface area contributed by atoms with Gasteiger partial charge in [-0.15, -0.1) is 5.48 Å². The molecule has 0 aromatic carbocycles. The molecule has 6 heteroatoms. The minimum atomic E-state index is -0.773. The van der Waals surface area contributed by atoms with Crippen LogP contribution in [0.4, 0.5) is 9.59 Å². The van der Waals surface area contributed by atoms with Crippen molar-refractivity contribution < 1.29 is 19.2 Å². The minimum Gasteiger partial charge on any atom is -0.448 e. The molecule has 2 amide bonds. The predicted molar refractivity (Wildman–Crippen MR) is 54.2 cm³/mol. The second-order valence-corrected chi connectivity index (χ2v) is 3.07. The summed E-state index contributed by atoms with van der Waals surface area (Å²) in [4.78, 5) is 28.2. The highest BCUT2D eigenvalue weighted by atomic mass is 16.7. The molecule has 6 nitrogen and oxygen atoms in total. The highest BCUT2D eigenvalue weighted by Gasteiger charge is 2.17. The monoisotopic (exact) mass is 218 g/mol. The molecule has 0 aliphatic rings. The average Bonchev–Trinajstić information content (AvgIpc) is 2.15. The zero-order valence-electron chi connectivity index (χ0n) is 9.57. The number of rotatable bonds is 3. The zero-order valence-corrected chi connectivity index (χ0v) is 9.57. The van der Waals surface area contributed by atoms with Crippen LogP contribution in [-0.4, -0.2) is 36.3 Å². The first-order valence-corrected chi connectivity index (χ1v) is 4.93. The lowest BCUT2D eigenvalue weighted by atomic mass is 10.3. The zero-order chi connectivity index (χ0) is 11.8. The third kappa shape index (κ3) is 5.09. The van der Waals surface area contributed by atoms with Gasteiger partial charge in [-0.2, -0.15) is 0 Å². The number of carbonyl (C=O) groups is 2. The Morgan fingerprint density at radius 1 is 1.33 bits per heavy atom. The molecule has 0 aromatic heterocycles. The molecule has 0 heterocycles. The SMILES string of the molecule is CCOC(=O)NOC(=O)N(CC)C(C)C. The first-order valence-electron chi connectivity index (χ1n) is 4.93. The van der Waals surface area contributed by atoms with Crippen molar-refractivity contribution in [2.45, 2.75) is 33.7 Å². The van der Waals surface area contributed by atoms with Crippen molar-refractivity contribution in [3.05, 3.63) is 0 Å². The minimum absolute atomic E-state index is 0.0199. The fourth-order valence-corrected chi connectivity index (χ4v) is 1.01. The molecule has 0 spiro atoms. The second-order valence-electron chi connectivity index (χ2n) is 3.07. The van der Waals surface area contributed by atoms with Crippen molar-refractivity contribution in [2.24, 2.45) is 0 Å². The molecule has 0 aromatic rings. The number of amides is 2. The van der Waals surface area contributed by atoms with Crippen molar-refractivity contribution in [3.8, 4) is 0 Å². The van der Waals surface area contributed by atoms with Gasteiger partial charge >= 0.3 is 12.2 Å². The van der Waals surface area contributed by atoms with Gasteiger partial charge in [-0.1, -0.05) is 0 Å². The summed E-state index contributed by atoms with van der Waals surface area (Å²) < 4.78 is 4.52. The predicted octanol–water partition coefficient (Wildman–Crippen LogP) is 1.51. The van der Waals surface area contributed by atoms with Gasteiger partial charge in [0.05, 0.1) is 6.61 Å². The first kappa shape index (κ1) is 13.5. The van der Waals surface area contributed by atoms with Crippen LogP contribution in [0, 0.1) is 0 Å². The van der Waals surface area contributed by atoms with E-state index in [1.165, 1.54) is 4.90 Å². The molecule has 0 atom stereocenters. The topological polar surface area (TPSA) is 67.9 Å². The lowest BCUT2D eigenvalue weighted by Gasteiger charge is -2.23. The third-order valence-electron chi connectivity index (χ3n) is 1.70. The van der Waals surface area contributed by atoms with Gasteiger partial charge in [-0.3, -0.25) is 0 Å². The summed E-state index contributed by atoms with van der Waals surface area (Å²) in [5.41, 5.74) is 1.90. The summed E-state index contributed by atoms with van der Waals surface area (Å²) in [6.45, 7) is 7.94. The largest absolute Gasteiger partial charge is 0.448 e. The third-order valence-corrected chi connectivity index (χ3v) is 1.70. The molecule has 0 saturated carbocycles. The Labute approximate surface area is 89.5 Å². The van der Waals surface area contributed by atoms with Gasteiger partial charge in [0.1, 0.15) is 0 Å². The summed E-state index contributed by atoms with van der Waals surface area (Å²) in [5.74, 6) is 0. The maximum atomic E-state index is 11.4. The Morgan fingerprint density at radius 2 is 1.93 bits per heavy atom. The summed E-state index contributed by atoms with van der Waals surface area (Å²) in [6.07, 6.45) is -1.37. The van der Waals surface area contributed by atoms with E-state index in [-0.39, 0.29) is 12.6 Å². The van der Waals surface area contributed by atoms with Gasteiger partial charge in [0.2, 0.25) is 0 Å². The van der Waals surface area contributed by atoms with Crippen molar-refractivity contribution in [1.29, 1.82) is 0 Å². The lowest BCUT2D eigenvalue weighted by Crippen LogP contribution is -2.41. The Bertz CT molecular complexity index is 218. The average molecular weight is 218 g/mol. The van der Waals surface area contributed by atoms with E-state index in [9.17, 15) is 9.59 Å². The van der Waals surface area contributed by atoms with E-state index >= 15 is 0 Å². The van der Waals surface area contributed by atoms with E-state index in [0.29, 0.717) is 6.54 Å². The molecule has 15 heavy (non-hydrogen) atoms. The molecule has 0 fully saturated rings. The van der Waals surface area contributed by atoms with Crippen LogP contribution in [0.15, 0.2) is 0 Å². The van der Waals surface area contributed by atoms with Crippen molar-refractivity contribution in [2.75, 3.05) is 13.2 Å². The Kier molecular flexibility index (Phi) is 6.24. The number of hydrogen-bond donors (Lipinski definition) is 1. The normalized spacial score (nSPS) is 9.67. The molecule has 0 rings (SSSR count). The van der Waals surface area contributed by atoms with E-state index < -0.39 is 12.2 Å². The fraction of sp³-hybridized carbons (Fsp3) is 0.778. The maximum absolute atomic E-state index is 11.4. The quantitative estimate of drug-likeness (QED) is 0.729. The van der Waals surface area contributed by atoms with Gasteiger partial charge in [0.15, 0.2) is 0 Å². The van der Waals surface area contributed by atoms with E-state index in [1.807, 2.05) is 26.3 Å². The fourth-order valence-electron chi connectivity index (χ4n) is 1.01. The van der Waals surface area contributed by atoms with Gasteiger partial charge in [-0.25, -0.2) is 9.59 Å². The molecule has 0 radical (unpaired) electrons. The molecule has 0 saturated heterocycles. The second kappa shape index (κ2) is 6.92. The summed E-state index contributed by atoms with van der Waals surface area (Å²) in [7, 11) is 0. The van der Waals surface area contributed by atoms with E-state index in [2.05, 4.69) is 9.57 Å². The van der Waals surface area contributed by atoms with Crippen molar-refractivity contribution >= 4 is 12.2 Å². The van der Waals surface area contributed by atoms with Crippen LogP contribution < -0.4 is 5.48 Å². The molecule has 88 valence electrons. The van der Waals surface area contributed by atoms with Gasteiger partial charge in [-0.05, 0) is 27.7 Å². The van der Waals surface area contributed by atoms with Crippen LogP contribution in [0.5, 0.6) is 0 Å². The van der Waals surface area contributed by atoms with E-state index in [4.69, 9.17) is 0 Å². The van der Waals surface area contributed by atoms with E-state index in [1.54, 1.807) is 6.92 Å². The maximum Gasteiger partial charge on any atom is 0.440 e. The van der Waals surface area contributed by atoms with Gasteiger partial charge in [0.25, 0.3) is 0 Å². The summed E-state index contributed by atoms with van der Waals surface area (Å²) in [6, 6.07) is 0.0199. The van der Waals surface area contributed by atoms with Crippen molar-refractivity contribution in [1.82, 2.24) is 10.4 Å². The van der Waals surface area contributed by atoms with Gasteiger partial charge in [0, 0.05) is 12.6 Å². The van der Waals surface area contributed by atoms with Crippen LogP contribution in [0.3, 0.4) is 0 Å². The van der Waals surface area contributed by atoms with Crippen LogP contribution in [-0.2, 0) is 9.57 Å². The lowest BCUT2D eigenvalue weighted by molar-refractivity contribution is 0.0389. The molecule has 0 unspecified atom stereocenters. The standard InChI is InChI=1S/C9H18N2O4/c1-5-11(7(3)4)9(13)15-10-8(12)14-6-2/h7H,5-6H2,1-4H3,(H,10,12). The van der Waals surface area contributed by atoms with Gasteiger partial charge < -0.3 is 14.5 Å². The first-order chi connectivity index (χ1) is 7.02. The number of ether oxygens (including phenoxy) is 1.